The Hall–Kier alpha value is -1.32. The van der Waals surface area contributed by atoms with E-state index in [1.807, 2.05) is 104 Å². The second kappa shape index (κ2) is 33.6. The Morgan fingerprint density at radius 2 is 0.581 bits per heavy atom. The van der Waals surface area contributed by atoms with Gasteiger partial charge in [0.1, 0.15) is 0 Å². The first kappa shape index (κ1) is 60.8. The summed E-state index contributed by atoms with van der Waals surface area (Å²) in [6, 6.07) is 0. The molecule has 1 radical (unpaired) electrons. The Bertz CT molecular complexity index is 558. The molecule has 0 heterocycles. The molecule has 0 spiro atoms. The Morgan fingerprint density at radius 1 is 0.395 bits per heavy atom. The normalized spacial score (nSPS) is 11.6. The van der Waals surface area contributed by atoms with Gasteiger partial charge in [-0.25, -0.2) is 0 Å². The van der Waals surface area contributed by atoms with E-state index in [9.17, 15) is 0 Å². The summed E-state index contributed by atoms with van der Waals surface area (Å²) in [7, 11) is 8.06. The molecule has 0 aromatic carbocycles. The SMILES string of the molecule is C[N-]N=NC(C)(C)C.C[N-]N=NC(C)(C)C.C[N-]N=NC(C)(C)C.C[N-]N=NC(C)(C)C.C[N-]N=[C-]C(C)(C)C.[Co+2].[Co+3].[Li+]. The monoisotopic (exact) mass is 693 g/mol. The maximum Gasteiger partial charge on any atom is 3.00 e. The molecule has 0 atom stereocenters. The predicted molar refractivity (Wildman–Crippen MR) is 172 cm³/mol. The van der Waals surface area contributed by atoms with E-state index in [1.165, 1.54) is 0 Å². The molecule has 0 aromatic rings. The van der Waals surface area contributed by atoms with Gasteiger partial charge in [-0.3, -0.25) is 20.9 Å². The molecule has 14 nitrogen and oxygen atoms in total. The van der Waals surface area contributed by atoms with Crippen LogP contribution in [0.4, 0.5) is 0 Å². The largest absolute Gasteiger partial charge is 3.00 e. The summed E-state index contributed by atoms with van der Waals surface area (Å²) in [5, 5.41) is 32.9. The third-order valence-corrected chi connectivity index (χ3v) is 2.22. The molecule has 17 heteroatoms. The standard InChI is InChI=1S/C6H12N2.4C5H12N3.2Co.Li/c1-6(2,3)5-8-7-4;4*1-5(2,3)7-8-6-4;;;/h5*1-4H3;;;/q-2;4*-1;+2;+3;+1. The smallest absolute Gasteiger partial charge is 0.643 e. The summed E-state index contributed by atoms with van der Waals surface area (Å²) in [5.74, 6) is 0. The Kier molecular flexibility index (Phi) is 47.5. The van der Waals surface area contributed by atoms with E-state index in [-0.39, 0.29) is 80.0 Å². The molecular weight excluding hydrogens is 633 g/mol. The van der Waals surface area contributed by atoms with Crippen LogP contribution in [-0.4, -0.2) is 63.6 Å². The summed E-state index contributed by atoms with van der Waals surface area (Å²) >= 11 is 0. The molecule has 0 saturated heterocycles. The van der Waals surface area contributed by atoms with Crippen molar-refractivity contribution in [3.05, 3.63) is 27.1 Å². The number of nitrogens with zero attached hydrogens (tertiary/aromatic N) is 14. The number of hydrogen-bond acceptors (Lipinski definition) is 9. The minimum absolute atomic E-state index is 0. The first-order chi connectivity index (χ1) is 17.8. The van der Waals surface area contributed by atoms with E-state index >= 15 is 0 Å². The first-order valence-corrected chi connectivity index (χ1v) is 12.9. The molecule has 43 heavy (non-hydrogen) atoms. The summed E-state index contributed by atoms with van der Waals surface area (Å²) in [6.45, 7) is 29.8. The van der Waals surface area contributed by atoms with Gasteiger partial charge in [-0.15, -0.1) is 7.05 Å². The van der Waals surface area contributed by atoms with E-state index in [4.69, 9.17) is 0 Å². The van der Waals surface area contributed by atoms with Crippen molar-refractivity contribution in [2.45, 2.75) is 126 Å². The molecule has 0 saturated carbocycles. The van der Waals surface area contributed by atoms with Gasteiger partial charge in [0.25, 0.3) is 0 Å². The van der Waals surface area contributed by atoms with E-state index in [0.29, 0.717) is 0 Å². The minimum Gasteiger partial charge on any atom is -0.643 e. The second-order valence-electron chi connectivity index (χ2n) is 12.9. The van der Waals surface area contributed by atoms with Crippen molar-refractivity contribution in [1.29, 1.82) is 0 Å². The molecule has 0 aliphatic heterocycles. The van der Waals surface area contributed by atoms with Gasteiger partial charge in [-0.1, -0.05) is 104 Å². The molecule has 0 bridgehead atoms. The molecule has 0 aliphatic rings. The van der Waals surface area contributed by atoms with E-state index in [1.54, 1.807) is 35.2 Å². The van der Waals surface area contributed by atoms with Crippen LogP contribution in [0, 0.1) is 5.41 Å². The van der Waals surface area contributed by atoms with Gasteiger partial charge in [0, 0.05) is 0 Å². The van der Waals surface area contributed by atoms with Crippen LogP contribution in [0.1, 0.15) is 104 Å². The Balaban J connectivity index is -0.0000000583. The number of hydrogen-bond donors (Lipinski definition) is 0. The molecular formula is C26H60Co2LiN14. The van der Waals surface area contributed by atoms with E-state index in [0.717, 1.165) is 0 Å². The van der Waals surface area contributed by atoms with Gasteiger partial charge in [0.15, 0.2) is 0 Å². The van der Waals surface area contributed by atoms with Crippen molar-refractivity contribution in [3.8, 4) is 0 Å². The van der Waals surface area contributed by atoms with Crippen molar-refractivity contribution in [1.82, 2.24) is 0 Å². The molecule has 253 valence electrons. The third-order valence-electron chi connectivity index (χ3n) is 2.22. The zero-order valence-corrected chi connectivity index (χ0v) is 33.0. The zero-order chi connectivity index (χ0) is 33.1. The quantitative estimate of drug-likeness (QED) is 0.0909. The summed E-state index contributed by atoms with van der Waals surface area (Å²) < 4.78 is 0. The third kappa shape index (κ3) is 109. The fourth-order valence-corrected chi connectivity index (χ4v) is 0.916. The van der Waals surface area contributed by atoms with Crippen LogP contribution < -0.4 is 18.9 Å². The molecule has 0 rings (SSSR count). The van der Waals surface area contributed by atoms with Gasteiger partial charge in [0.05, 0.1) is 0 Å². The molecule has 0 aliphatic carbocycles. The van der Waals surface area contributed by atoms with E-state index in [2.05, 4.69) is 79.8 Å². The molecule has 0 aromatic heterocycles. The van der Waals surface area contributed by atoms with Crippen LogP contribution >= 0.6 is 0 Å². The van der Waals surface area contributed by atoms with Crippen molar-refractivity contribution in [2.24, 2.45) is 51.9 Å². The van der Waals surface area contributed by atoms with Gasteiger partial charge in [-0.05, 0) is 50.3 Å². The van der Waals surface area contributed by atoms with Crippen molar-refractivity contribution in [2.75, 3.05) is 35.2 Å². The van der Waals surface area contributed by atoms with Crippen LogP contribution in [0.2, 0.25) is 0 Å². The summed E-state index contributed by atoms with van der Waals surface area (Å²) in [4.78, 5) is 0. The van der Waals surface area contributed by atoms with Crippen LogP contribution in [0.25, 0.3) is 27.1 Å². The van der Waals surface area contributed by atoms with Gasteiger partial charge in [0.2, 0.25) is 0 Å². The fraction of sp³-hybridized carbons (Fsp3) is 0.962. The summed E-state index contributed by atoms with van der Waals surface area (Å²) in [5.41, 5.74) is 17.2. The average molecular weight is 694 g/mol. The van der Waals surface area contributed by atoms with Crippen molar-refractivity contribution < 1.29 is 52.4 Å². The van der Waals surface area contributed by atoms with Crippen LogP contribution in [0.3, 0.4) is 0 Å². The number of rotatable bonds is 5. The second-order valence-corrected chi connectivity index (χ2v) is 12.9. The molecule has 0 amide bonds. The minimum atomic E-state index is -0.0838. The molecule has 0 fully saturated rings. The topological polar surface area (TPSA) is 182 Å². The maximum absolute atomic E-state index is 3.83. The van der Waals surface area contributed by atoms with Crippen molar-refractivity contribution in [3.63, 3.8) is 0 Å². The first-order valence-electron chi connectivity index (χ1n) is 12.9. The Labute approximate surface area is 297 Å². The average Bonchev–Trinajstić information content (AvgIpc) is 2.76. The predicted octanol–water partition coefficient (Wildman–Crippen LogP) is 7.52. The van der Waals surface area contributed by atoms with Crippen molar-refractivity contribution >= 4 is 6.21 Å². The van der Waals surface area contributed by atoms with E-state index < -0.39 is 0 Å². The molecule has 0 unspecified atom stereocenters. The van der Waals surface area contributed by atoms with Gasteiger partial charge in [-0.2, -0.15) is 5.41 Å². The Morgan fingerprint density at radius 3 is 0.628 bits per heavy atom. The van der Waals surface area contributed by atoms with Gasteiger partial charge >= 0.3 is 52.4 Å². The maximum atomic E-state index is 3.83. The van der Waals surface area contributed by atoms with Crippen LogP contribution in [-0.2, 0) is 33.6 Å². The zero-order valence-electron chi connectivity index (χ0n) is 30.9. The van der Waals surface area contributed by atoms with Gasteiger partial charge < -0.3 is 58.9 Å². The molecule has 0 N–H and O–H groups in total. The fourth-order valence-electron chi connectivity index (χ4n) is 0.916. The van der Waals surface area contributed by atoms with Crippen LogP contribution in [0.15, 0.2) is 46.5 Å². The van der Waals surface area contributed by atoms with Crippen LogP contribution in [0.5, 0.6) is 0 Å². The summed E-state index contributed by atoms with van der Waals surface area (Å²) in [6.07, 6.45) is 2.83.